The van der Waals surface area contributed by atoms with Crippen molar-refractivity contribution in [1.29, 1.82) is 0 Å². The average molecular weight is 373 g/mol. The van der Waals surface area contributed by atoms with Crippen molar-refractivity contribution in [2.45, 2.75) is 38.6 Å². The van der Waals surface area contributed by atoms with Crippen LogP contribution in [0.4, 0.5) is 5.69 Å². The Morgan fingerprint density at radius 2 is 2.11 bits per heavy atom. The number of rotatable bonds is 9. The summed E-state index contributed by atoms with van der Waals surface area (Å²) in [5.74, 6) is -1.06. The number of benzene rings is 1. The lowest BCUT2D eigenvalue weighted by Gasteiger charge is -2.29. The fourth-order valence-electron chi connectivity index (χ4n) is 3.26. The number of anilines is 1. The SMILES string of the molecule is C=C1C[C@@H](C(=O)Nc2ccccc2)N(C(=O)[C@H](CCCC)CN(O)C=O)C1. The molecule has 1 aromatic rings. The molecule has 0 saturated carbocycles. The molecule has 146 valence electrons. The van der Waals surface area contributed by atoms with Crippen LogP contribution in [0.5, 0.6) is 0 Å². The lowest BCUT2D eigenvalue weighted by Crippen LogP contribution is -2.47. The standard InChI is InChI=1S/C20H27N3O4/c1-3-4-8-16(13-22(27)14-24)20(26)23-12-15(2)11-18(23)19(25)21-17-9-6-5-7-10-17/h5-7,9-10,14,16,18,27H,2-4,8,11-13H2,1H3,(H,21,25)/t16-,18+/m1/s1. The summed E-state index contributed by atoms with van der Waals surface area (Å²) < 4.78 is 0. The summed E-state index contributed by atoms with van der Waals surface area (Å²) in [5.41, 5.74) is 1.47. The van der Waals surface area contributed by atoms with Crippen LogP contribution in [-0.2, 0) is 14.4 Å². The second-order valence-corrected chi connectivity index (χ2v) is 6.86. The number of nitrogens with one attached hydrogen (secondary N) is 1. The molecule has 0 bridgehead atoms. The highest BCUT2D eigenvalue weighted by molar-refractivity contribution is 5.98. The molecule has 1 saturated heterocycles. The molecule has 7 heteroatoms. The van der Waals surface area contributed by atoms with Crippen molar-refractivity contribution < 1.29 is 19.6 Å². The van der Waals surface area contributed by atoms with Gasteiger partial charge in [0.05, 0.1) is 12.5 Å². The molecule has 0 radical (unpaired) electrons. The van der Waals surface area contributed by atoms with Crippen molar-refractivity contribution in [3.05, 3.63) is 42.5 Å². The van der Waals surface area contributed by atoms with E-state index in [2.05, 4.69) is 11.9 Å². The van der Waals surface area contributed by atoms with Gasteiger partial charge in [-0.15, -0.1) is 0 Å². The van der Waals surface area contributed by atoms with E-state index in [1.807, 2.05) is 25.1 Å². The van der Waals surface area contributed by atoms with E-state index in [9.17, 15) is 19.6 Å². The van der Waals surface area contributed by atoms with Crippen molar-refractivity contribution in [2.75, 3.05) is 18.4 Å². The molecule has 0 aliphatic carbocycles. The maximum atomic E-state index is 13.1. The Kier molecular flexibility index (Phi) is 7.55. The Balaban J connectivity index is 2.13. The van der Waals surface area contributed by atoms with E-state index >= 15 is 0 Å². The monoisotopic (exact) mass is 373 g/mol. The molecule has 0 aromatic heterocycles. The Morgan fingerprint density at radius 3 is 2.74 bits per heavy atom. The first kappa shape index (κ1) is 20.6. The summed E-state index contributed by atoms with van der Waals surface area (Å²) in [6, 6.07) is 8.42. The molecule has 27 heavy (non-hydrogen) atoms. The largest absolute Gasteiger partial charge is 0.326 e. The van der Waals surface area contributed by atoms with Gasteiger partial charge in [0.15, 0.2) is 0 Å². The van der Waals surface area contributed by atoms with E-state index in [1.54, 1.807) is 12.1 Å². The van der Waals surface area contributed by atoms with Gasteiger partial charge in [-0.25, -0.2) is 5.06 Å². The van der Waals surface area contributed by atoms with E-state index < -0.39 is 12.0 Å². The molecule has 1 aliphatic rings. The van der Waals surface area contributed by atoms with Crippen LogP contribution in [0.25, 0.3) is 0 Å². The number of hydrogen-bond donors (Lipinski definition) is 2. The van der Waals surface area contributed by atoms with Crippen molar-refractivity contribution in [3.63, 3.8) is 0 Å². The van der Waals surface area contributed by atoms with Gasteiger partial charge < -0.3 is 10.2 Å². The number of hydroxylamine groups is 2. The van der Waals surface area contributed by atoms with Crippen LogP contribution in [0.15, 0.2) is 42.5 Å². The first-order chi connectivity index (χ1) is 13.0. The summed E-state index contributed by atoms with van der Waals surface area (Å²) >= 11 is 0. The van der Waals surface area contributed by atoms with Gasteiger partial charge in [-0.2, -0.15) is 0 Å². The third-order valence-electron chi connectivity index (χ3n) is 4.66. The van der Waals surface area contributed by atoms with Gasteiger partial charge in [0.2, 0.25) is 18.2 Å². The number of nitrogens with zero attached hydrogens (tertiary/aromatic N) is 2. The van der Waals surface area contributed by atoms with Crippen LogP contribution >= 0.6 is 0 Å². The Hall–Kier alpha value is -2.67. The Labute approximate surface area is 159 Å². The normalized spacial score (nSPS) is 17.5. The first-order valence-electron chi connectivity index (χ1n) is 9.20. The Morgan fingerprint density at radius 1 is 1.41 bits per heavy atom. The number of amides is 3. The maximum absolute atomic E-state index is 13.1. The lowest BCUT2D eigenvalue weighted by atomic mass is 9.99. The molecule has 1 fully saturated rings. The minimum atomic E-state index is -0.641. The number of hydrogen-bond acceptors (Lipinski definition) is 4. The third kappa shape index (κ3) is 5.65. The number of para-hydroxylation sites is 1. The van der Waals surface area contributed by atoms with Crippen LogP contribution in [-0.4, -0.2) is 52.5 Å². The fraction of sp³-hybridized carbons (Fsp3) is 0.450. The highest BCUT2D eigenvalue weighted by Crippen LogP contribution is 2.26. The molecular formula is C20H27N3O4. The lowest BCUT2D eigenvalue weighted by molar-refractivity contribution is -0.157. The molecule has 1 aromatic carbocycles. The average Bonchev–Trinajstić information content (AvgIpc) is 3.07. The van der Waals surface area contributed by atoms with E-state index in [0.717, 1.165) is 18.4 Å². The van der Waals surface area contributed by atoms with E-state index in [-0.39, 0.29) is 24.8 Å². The second kappa shape index (κ2) is 9.87. The molecule has 0 spiro atoms. The molecule has 0 unspecified atom stereocenters. The molecular weight excluding hydrogens is 346 g/mol. The molecule has 2 rings (SSSR count). The summed E-state index contributed by atoms with van der Waals surface area (Å²) in [5, 5.41) is 12.9. The molecule has 2 atom stereocenters. The zero-order valence-electron chi connectivity index (χ0n) is 15.6. The summed E-state index contributed by atoms with van der Waals surface area (Å²) in [6.07, 6.45) is 2.91. The second-order valence-electron chi connectivity index (χ2n) is 6.86. The van der Waals surface area contributed by atoms with Crippen LogP contribution in [0, 0.1) is 5.92 Å². The Bertz CT molecular complexity index is 677. The van der Waals surface area contributed by atoms with Crippen molar-refractivity contribution >= 4 is 23.9 Å². The molecule has 7 nitrogen and oxygen atoms in total. The first-order valence-corrected chi connectivity index (χ1v) is 9.20. The van der Waals surface area contributed by atoms with Gasteiger partial charge in [0.25, 0.3) is 0 Å². The quantitative estimate of drug-likeness (QED) is 0.301. The highest BCUT2D eigenvalue weighted by Gasteiger charge is 2.38. The number of likely N-dealkylation sites (tertiary alicyclic amines) is 1. The summed E-state index contributed by atoms with van der Waals surface area (Å²) in [6.45, 7) is 6.16. The predicted octanol–water partition coefficient (Wildman–Crippen LogP) is 2.44. The van der Waals surface area contributed by atoms with Gasteiger partial charge in [0.1, 0.15) is 6.04 Å². The smallest absolute Gasteiger partial charge is 0.247 e. The maximum Gasteiger partial charge on any atom is 0.247 e. The number of carbonyl (C=O) groups excluding carboxylic acids is 3. The van der Waals surface area contributed by atoms with Crippen molar-refractivity contribution in [3.8, 4) is 0 Å². The van der Waals surface area contributed by atoms with Crippen LogP contribution in [0.3, 0.4) is 0 Å². The van der Waals surface area contributed by atoms with Gasteiger partial charge in [-0.05, 0) is 25.0 Å². The minimum absolute atomic E-state index is 0.0850. The summed E-state index contributed by atoms with van der Waals surface area (Å²) in [7, 11) is 0. The van der Waals surface area contributed by atoms with E-state index in [0.29, 0.717) is 30.1 Å². The number of unbranched alkanes of at least 4 members (excludes halogenated alkanes) is 1. The van der Waals surface area contributed by atoms with Gasteiger partial charge in [-0.1, -0.05) is 50.1 Å². The number of carbonyl (C=O) groups is 3. The van der Waals surface area contributed by atoms with Gasteiger partial charge >= 0.3 is 0 Å². The zero-order valence-corrected chi connectivity index (χ0v) is 15.6. The van der Waals surface area contributed by atoms with E-state index in [4.69, 9.17) is 0 Å². The molecule has 1 heterocycles. The van der Waals surface area contributed by atoms with Crippen molar-refractivity contribution in [2.24, 2.45) is 5.92 Å². The minimum Gasteiger partial charge on any atom is -0.326 e. The van der Waals surface area contributed by atoms with Gasteiger partial charge in [0, 0.05) is 12.2 Å². The van der Waals surface area contributed by atoms with Gasteiger partial charge in [-0.3, -0.25) is 19.6 Å². The molecule has 2 N–H and O–H groups in total. The van der Waals surface area contributed by atoms with Crippen LogP contribution in [0.2, 0.25) is 0 Å². The molecule has 3 amide bonds. The van der Waals surface area contributed by atoms with Crippen molar-refractivity contribution in [1.82, 2.24) is 9.96 Å². The third-order valence-corrected chi connectivity index (χ3v) is 4.66. The van der Waals surface area contributed by atoms with Crippen LogP contribution in [0.1, 0.15) is 32.6 Å². The van der Waals surface area contributed by atoms with Crippen LogP contribution < -0.4 is 5.32 Å². The van der Waals surface area contributed by atoms with E-state index in [1.165, 1.54) is 4.90 Å². The highest BCUT2D eigenvalue weighted by atomic mass is 16.5. The zero-order chi connectivity index (χ0) is 19.8. The predicted molar refractivity (Wildman–Crippen MR) is 102 cm³/mol. The topological polar surface area (TPSA) is 90.0 Å². The fourth-order valence-corrected chi connectivity index (χ4v) is 3.26. The molecule has 1 aliphatic heterocycles. The summed E-state index contributed by atoms with van der Waals surface area (Å²) in [4.78, 5) is 38.1.